The Hall–Kier alpha value is -2.79. The van der Waals surface area contributed by atoms with Gasteiger partial charge in [0.15, 0.2) is 0 Å². The number of hydrogen-bond acceptors (Lipinski definition) is 5. The van der Waals surface area contributed by atoms with Crippen LogP contribution in [0.2, 0.25) is 0 Å². The summed E-state index contributed by atoms with van der Waals surface area (Å²) in [6, 6.07) is 16.0. The predicted octanol–water partition coefficient (Wildman–Crippen LogP) is 4.33. The third-order valence-electron chi connectivity index (χ3n) is 3.41. The Kier molecular flexibility index (Phi) is 3.70. The van der Waals surface area contributed by atoms with Gasteiger partial charge in [-0.25, -0.2) is 4.98 Å². The van der Waals surface area contributed by atoms with E-state index in [1.54, 1.807) is 29.9 Å². The molecule has 0 radical (unpaired) electrons. The summed E-state index contributed by atoms with van der Waals surface area (Å²) in [5, 5.41) is 0.976. The number of thiazole rings is 1. The highest BCUT2D eigenvalue weighted by molar-refractivity contribution is 7.18. The first kappa shape index (κ1) is 13.8. The Morgan fingerprint density at radius 2 is 1.83 bits per heavy atom. The van der Waals surface area contributed by atoms with Gasteiger partial charge in [0.1, 0.15) is 17.4 Å². The van der Waals surface area contributed by atoms with Gasteiger partial charge in [0.25, 0.3) is 0 Å². The fourth-order valence-electron chi connectivity index (χ4n) is 2.30. The van der Waals surface area contributed by atoms with Gasteiger partial charge in [-0.3, -0.25) is 9.97 Å². The number of hydrogen-bond donors (Lipinski definition) is 0. The number of benzene rings is 2. The monoisotopic (exact) mass is 319 g/mol. The maximum absolute atomic E-state index is 5.82. The molecule has 0 atom stereocenters. The van der Waals surface area contributed by atoms with Crippen molar-refractivity contribution >= 4 is 21.6 Å². The van der Waals surface area contributed by atoms with Crippen LogP contribution in [0.3, 0.4) is 0 Å². The van der Waals surface area contributed by atoms with Gasteiger partial charge in [-0.15, -0.1) is 11.3 Å². The lowest BCUT2D eigenvalue weighted by Gasteiger charge is -2.05. The molecular formula is C18H13N3OS. The van der Waals surface area contributed by atoms with Crippen molar-refractivity contribution in [3.63, 3.8) is 0 Å². The summed E-state index contributed by atoms with van der Waals surface area (Å²) in [5.41, 5.74) is 2.89. The van der Waals surface area contributed by atoms with Crippen molar-refractivity contribution < 1.29 is 4.74 Å². The van der Waals surface area contributed by atoms with Gasteiger partial charge in [0.2, 0.25) is 0 Å². The molecule has 0 aliphatic carbocycles. The van der Waals surface area contributed by atoms with E-state index >= 15 is 0 Å². The highest BCUT2D eigenvalue weighted by atomic mass is 32.1. The van der Waals surface area contributed by atoms with Crippen molar-refractivity contribution in [2.45, 2.75) is 6.61 Å². The normalized spacial score (nSPS) is 10.8. The van der Waals surface area contributed by atoms with Crippen LogP contribution in [0.1, 0.15) is 5.01 Å². The Bertz CT molecular complexity index is 887. The molecule has 0 spiro atoms. The Labute approximate surface area is 137 Å². The molecule has 23 heavy (non-hydrogen) atoms. The fourth-order valence-corrected chi connectivity index (χ4v) is 3.18. The summed E-state index contributed by atoms with van der Waals surface area (Å²) >= 11 is 1.66. The van der Waals surface area contributed by atoms with Crippen LogP contribution in [0.25, 0.3) is 21.5 Å². The van der Waals surface area contributed by atoms with Crippen molar-refractivity contribution in [2.24, 2.45) is 0 Å². The molecule has 0 N–H and O–H groups in total. The van der Waals surface area contributed by atoms with Crippen LogP contribution in [-0.2, 0) is 6.61 Å². The minimum Gasteiger partial charge on any atom is -0.486 e. The molecule has 0 aliphatic heterocycles. The lowest BCUT2D eigenvalue weighted by molar-refractivity contribution is 0.306. The summed E-state index contributed by atoms with van der Waals surface area (Å²) < 4.78 is 7.01. The zero-order chi connectivity index (χ0) is 15.5. The van der Waals surface area contributed by atoms with Crippen LogP contribution in [0.5, 0.6) is 5.75 Å². The van der Waals surface area contributed by atoms with Crippen LogP contribution in [0.15, 0.2) is 67.1 Å². The third kappa shape index (κ3) is 3.05. The second-order valence-electron chi connectivity index (χ2n) is 4.98. The van der Waals surface area contributed by atoms with Crippen molar-refractivity contribution in [3.05, 3.63) is 72.1 Å². The number of rotatable bonds is 4. The minimum atomic E-state index is 0.476. The van der Waals surface area contributed by atoms with Gasteiger partial charge in [-0.2, -0.15) is 0 Å². The molecule has 0 unspecified atom stereocenters. The first-order valence-corrected chi connectivity index (χ1v) is 8.04. The van der Waals surface area contributed by atoms with Crippen LogP contribution in [0.4, 0.5) is 0 Å². The van der Waals surface area contributed by atoms with E-state index in [0.29, 0.717) is 6.61 Å². The van der Waals surface area contributed by atoms with E-state index in [0.717, 1.165) is 27.5 Å². The molecule has 0 saturated heterocycles. The molecule has 4 nitrogen and oxygen atoms in total. The average molecular weight is 319 g/mol. The summed E-state index contributed by atoms with van der Waals surface area (Å²) in [6.45, 7) is 0.476. The molecule has 0 amide bonds. The number of ether oxygens (including phenoxy) is 1. The van der Waals surface area contributed by atoms with Crippen molar-refractivity contribution in [2.75, 3.05) is 0 Å². The van der Waals surface area contributed by atoms with Crippen LogP contribution < -0.4 is 4.74 Å². The molecule has 0 fully saturated rings. The van der Waals surface area contributed by atoms with E-state index in [1.807, 2.05) is 42.5 Å². The Morgan fingerprint density at radius 3 is 2.61 bits per heavy atom. The lowest BCUT2D eigenvalue weighted by Crippen LogP contribution is -1.94. The van der Waals surface area contributed by atoms with Crippen molar-refractivity contribution in [1.82, 2.24) is 15.0 Å². The van der Waals surface area contributed by atoms with Crippen molar-refractivity contribution in [1.29, 1.82) is 0 Å². The number of para-hydroxylation sites is 1. The SMILES string of the molecule is c1ccc2sc(COc3ccc(-c4cnccn4)cc3)nc2c1. The fraction of sp³-hybridized carbons (Fsp3) is 0.0556. The van der Waals surface area contributed by atoms with Gasteiger partial charge in [0.05, 0.1) is 22.1 Å². The molecule has 0 saturated carbocycles. The van der Waals surface area contributed by atoms with Gasteiger partial charge in [0, 0.05) is 18.0 Å². The first-order valence-electron chi connectivity index (χ1n) is 7.22. The smallest absolute Gasteiger partial charge is 0.140 e. The zero-order valence-electron chi connectivity index (χ0n) is 12.2. The molecule has 5 heteroatoms. The van der Waals surface area contributed by atoms with Crippen LogP contribution in [0, 0.1) is 0 Å². The second-order valence-corrected chi connectivity index (χ2v) is 6.09. The molecule has 2 aromatic heterocycles. The minimum absolute atomic E-state index is 0.476. The highest BCUT2D eigenvalue weighted by Crippen LogP contribution is 2.24. The summed E-state index contributed by atoms with van der Waals surface area (Å²) in [7, 11) is 0. The standard InChI is InChI=1S/C18H13N3OS/c1-2-4-17-15(3-1)21-18(23-17)12-22-14-7-5-13(6-8-14)16-11-19-9-10-20-16/h1-11H,12H2. The molecular weight excluding hydrogens is 306 g/mol. The zero-order valence-corrected chi connectivity index (χ0v) is 13.0. The van der Waals surface area contributed by atoms with Gasteiger partial charge in [-0.05, 0) is 36.4 Å². The third-order valence-corrected chi connectivity index (χ3v) is 4.42. The van der Waals surface area contributed by atoms with E-state index in [-0.39, 0.29) is 0 Å². The average Bonchev–Trinajstić information content (AvgIpc) is 3.04. The molecule has 4 aromatic rings. The van der Waals surface area contributed by atoms with Crippen LogP contribution >= 0.6 is 11.3 Å². The first-order chi connectivity index (χ1) is 11.4. The molecule has 2 aromatic carbocycles. The van der Waals surface area contributed by atoms with E-state index in [9.17, 15) is 0 Å². The summed E-state index contributed by atoms with van der Waals surface area (Å²) in [4.78, 5) is 12.9. The predicted molar refractivity (Wildman–Crippen MR) is 91.4 cm³/mol. The highest BCUT2D eigenvalue weighted by Gasteiger charge is 2.04. The topological polar surface area (TPSA) is 47.9 Å². The maximum atomic E-state index is 5.82. The van der Waals surface area contributed by atoms with Gasteiger partial charge >= 0.3 is 0 Å². The van der Waals surface area contributed by atoms with E-state index in [4.69, 9.17) is 4.74 Å². The van der Waals surface area contributed by atoms with Gasteiger partial charge < -0.3 is 4.74 Å². The molecule has 4 rings (SSSR count). The Morgan fingerprint density at radius 1 is 0.957 bits per heavy atom. The molecule has 0 bridgehead atoms. The van der Waals surface area contributed by atoms with E-state index in [1.165, 1.54) is 4.70 Å². The molecule has 2 heterocycles. The van der Waals surface area contributed by atoms with Crippen LogP contribution in [-0.4, -0.2) is 15.0 Å². The van der Waals surface area contributed by atoms with Crippen molar-refractivity contribution in [3.8, 4) is 17.0 Å². The second kappa shape index (κ2) is 6.14. The summed E-state index contributed by atoms with van der Waals surface area (Å²) in [6.07, 6.45) is 5.10. The molecule has 0 aliphatic rings. The maximum Gasteiger partial charge on any atom is 0.140 e. The number of fused-ring (bicyclic) bond motifs is 1. The number of nitrogens with zero attached hydrogens (tertiary/aromatic N) is 3. The lowest BCUT2D eigenvalue weighted by atomic mass is 10.1. The molecule has 112 valence electrons. The summed E-state index contributed by atoms with van der Waals surface area (Å²) in [5.74, 6) is 0.817. The number of aromatic nitrogens is 3. The quantitative estimate of drug-likeness (QED) is 0.561. The Balaban J connectivity index is 1.47. The largest absolute Gasteiger partial charge is 0.486 e. The van der Waals surface area contributed by atoms with E-state index in [2.05, 4.69) is 21.0 Å². The van der Waals surface area contributed by atoms with Gasteiger partial charge in [-0.1, -0.05) is 12.1 Å². The van der Waals surface area contributed by atoms with E-state index < -0.39 is 0 Å².